The van der Waals surface area contributed by atoms with Crippen LogP contribution in [0.2, 0.25) is 0 Å². The Balaban J connectivity index is 3.35. The summed E-state index contributed by atoms with van der Waals surface area (Å²) >= 11 is 11.5. The molecular weight excluding hydrogens is 271 g/mol. The van der Waals surface area contributed by atoms with E-state index in [1.807, 2.05) is 0 Å². The Bertz CT molecular complexity index is 198. The molecule has 18 heavy (non-hydrogen) atoms. The van der Waals surface area contributed by atoms with Gasteiger partial charge in [-0.3, -0.25) is 4.79 Å². The summed E-state index contributed by atoms with van der Waals surface area (Å²) in [6, 6.07) is 0. The van der Waals surface area contributed by atoms with Crippen LogP contribution in [0.5, 0.6) is 0 Å². The molecule has 0 fully saturated rings. The van der Waals surface area contributed by atoms with Gasteiger partial charge in [-0.2, -0.15) is 0 Å². The van der Waals surface area contributed by atoms with Crippen LogP contribution in [-0.4, -0.2) is 23.8 Å². The van der Waals surface area contributed by atoms with Gasteiger partial charge in [0.1, 0.15) is 5.38 Å². The standard InChI is InChI=1S/C14H26Cl2O2/c1-2-3-4-5-6-9-12-18-14(17)13(16)10-7-8-11-15/h13H,2-12H2,1H3. The maximum absolute atomic E-state index is 11.5. The highest BCUT2D eigenvalue weighted by Crippen LogP contribution is 2.11. The SMILES string of the molecule is CCCCCCCCOC(=O)C(Cl)CCCCCl. The summed E-state index contributed by atoms with van der Waals surface area (Å²) in [7, 11) is 0. The molecule has 1 unspecified atom stereocenters. The fourth-order valence-electron chi connectivity index (χ4n) is 1.68. The molecule has 0 saturated heterocycles. The van der Waals surface area contributed by atoms with Crippen molar-refractivity contribution in [2.45, 2.75) is 70.1 Å². The Hall–Kier alpha value is 0.0500. The maximum atomic E-state index is 11.5. The summed E-state index contributed by atoms with van der Waals surface area (Å²) in [5.74, 6) is 0.343. The molecule has 1 atom stereocenters. The maximum Gasteiger partial charge on any atom is 0.324 e. The number of rotatable bonds is 12. The molecule has 0 saturated carbocycles. The van der Waals surface area contributed by atoms with Gasteiger partial charge in [0.2, 0.25) is 0 Å². The van der Waals surface area contributed by atoms with Crippen LogP contribution < -0.4 is 0 Å². The van der Waals surface area contributed by atoms with Crippen molar-refractivity contribution in [2.24, 2.45) is 0 Å². The first-order valence-corrected chi connectivity index (χ1v) is 8.06. The van der Waals surface area contributed by atoms with E-state index in [0.717, 1.165) is 25.7 Å². The molecule has 0 aromatic rings. The topological polar surface area (TPSA) is 26.3 Å². The highest BCUT2D eigenvalue weighted by atomic mass is 35.5. The average molecular weight is 297 g/mol. The highest BCUT2D eigenvalue weighted by Gasteiger charge is 2.15. The van der Waals surface area contributed by atoms with Gasteiger partial charge in [0.15, 0.2) is 0 Å². The van der Waals surface area contributed by atoms with Crippen LogP contribution in [0.4, 0.5) is 0 Å². The molecule has 2 nitrogen and oxygen atoms in total. The zero-order chi connectivity index (χ0) is 13.6. The second-order valence-electron chi connectivity index (χ2n) is 4.59. The first-order valence-electron chi connectivity index (χ1n) is 7.09. The summed E-state index contributed by atoms with van der Waals surface area (Å²) in [6.07, 6.45) is 9.57. The monoisotopic (exact) mass is 296 g/mol. The van der Waals surface area contributed by atoms with Gasteiger partial charge in [0, 0.05) is 5.88 Å². The Morgan fingerprint density at radius 1 is 1.06 bits per heavy atom. The fourth-order valence-corrected chi connectivity index (χ4v) is 2.09. The van der Waals surface area contributed by atoms with E-state index in [4.69, 9.17) is 27.9 Å². The van der Waals surface area contributed by atoms with Crippen molar-refractivity contribution in [3.8, 4) is 0 Å². The number of hydrogen-bond acceptors (Lipinski definition) is 2. The van der Waals surface area contributed by atoms with E-state index in [-0.39, 0.29) is 5.97 Å². The number of halogens is 2. The summed E-state index contributed by atoms with van der Waals surface area (Å²) in [6.45, 7) is 2.70. The van der Waals surface area contributed by atoms with E-state index < -0.39 is 5.38 Å². The van der Waals surface area contributed by atoms with Crippen LogP contribution in [0.15, 0.2) is 0 Å². The van der Waals surface area contributed by atoms with E-state index >= 15 is 0 Å². The molecule has 0 aliphatic rings. The number of hydrogen-bond donors (Lipinski definition) is 0. The first-order chi connectivity index (χ1) is 8.72. The van der Waals surface area contributed by atoms with E-state index in [0.29, 0.717) is 18.9 Å². The Morgan fingerprint density at radius 2 is 1.72 bits per heavy atom. The molecule has 0 heterocycles. The molecule has 0 amide bonds. The predicted octanol–water partition coefficient (Wildman–Crippen LogP) is 4.91. The van der Waals surface area contributed by atoms with Crippen LogP contribution >= 0.6 is 23.2 Å². The van der Waals surface area contributed by atoms with Gasteiger partial charge < -0.3 is 4.74 Å². The largest absolute Gasteiger partial charge is 0.465 e. The van der Waals surface area contributed by atoms with Crippen LogP contribution in [0, 0.1) is 0 Å². The number of alkyl halides is 2. The number of ether oxygens (including phenoxy) is 1. The normalized spacial score (nSPS) is 12.4. The molecule has 0 rings (SSSR count). The summed E-state index contributed by atoms with van der Waals surface area (Å²) in [4.78, 5) is 11.5. The number of esters is 1. The van der Waals surface area contributed by atoms with Crippen LogP contribution in [-0.2, 0) is 9.53 Å². The number of unbranched alkanes of at least 4 members (excludes halogenated alkanes) is 6. The smallest absolute Gasteiger partial charge is 0.324 e. The third-order valence-corrected chi connectivity index (χ3v) is 3.50. The van der Waals surface area contributed by atoms with E-state index in [1.165, 1.54) is 25.7 Å². The molecular formula is C14H26Cl2O2. The lowest BCUT2D eigenvalue weighted by molar-refractivity contribution is -0.143. The summed E-state index contributed by atoms with van der Waals surface area (Å²) in [5.41, 5.74) is 0. The molecule has 0 aliphatic carbocycles. The van der Waals surface area contributed by atoms with Crippen molar-refractivity contribution < 1.29 is 9.53 Å². The van der Waals surface area contributed by atoms with Gasteiger partial charge in [-0.05, 0) is 19.3 Å². The van der Waals surface area contributed by atoms with Gasteiger partial charge in [-0.15, -0.1) is 23.2 Å². The van der Waals surface area contributed by atoms with Crippen LogP contribution in [0.1, 0.15) is 64.7 Å². The van der Waals surface area contributed by atoms with Crippen molar-refractivity contribution in [1.82, 2.24) is 0 Å². The van der Waals surface area contributed by atoms with Crippen molar-refractivity contribution in [2.75, 3.05) is 12.5 Å². The molecule has 0 aromatic heterocycles. The lowest BCUT2D eigenvalue weighted by atomic mass is 10.1. The zero-order valence-corrected chi connectivity index (χ0v) is 12.9. The van der Waals surface area contributed by atoms with E-state index in [1.54, 1.807) is 0 Å². The second kappa shape index (κ2) is 13.5. The van der Waals surface area contributed by atoms with Gasteiger partial charge >= 0.3 is 5.97 Å². The lowest BCUT2D eigenvalue weighted by Gasteiger charge is -2.09. The minimum atomic E-state index is -0.506. The minimum absolute atomic E-state index is 0.278. The minimum Gasteiger partial charge on any atom is -0.465 e. The van der Waals surface area contributed by atoms with Crippen LogP contribution in [0.25, 0.3) is 0 Å². The van der Waals surface area contributed by atoms with Crippen molar-refractivity contribution >= 4 is 29.2 Å². The van der Waals surface area contributed by atoms with E-state index in [9.17, 15) is 4.79 Å². The molecule has 108 valence electrons. The Morgan fingerprint density at radius 3 is 2.39 bits per heavy atom. The molecule has 0 N–H and O–H groups in total. The van der Waals surface area contributed by atoms with Crippen molar-refractivity contribution in [1.29, 1.82) is 0 Å². The number of carbonyl (C=O) groups is 1. The van der Waals surface area contributed by atoms with Crippen molar-refractivity contribution in [3.63, 3.8) is 0 Å². The fraction of sp³-hybridized carbons (Fsp3) is 0.929. The molecule has 0 spiro atoms. The molecule has 4 heteroatoms. The highest BCUT2D eigenvalue weighted by molar-refractivity contribution is 6.29. The van der Waals surface area contributed by atoms with E-state index in [2.05, 4.69) is 6.92 Å². The summed E-state index contributed by atoms with van der Waals surface area (Å²) < 4.78 is 5.14. The molecule has 0 bridgehead atoms. The van der Waals surface area contributed by atoms with Crippen LogP contribution in [0.3, 0.4) is 0 Å². The summed E-state index contributed by atoms with van der Waals surface area (Å²) in [5, 5.41) is -0.506. The first kappa shape index (κ1) is 18.0. The second-order valence-corrected chi connectivity index (χ2v) is 5.49. The van der Waals surface area contributed by atoms with Gasteiger partial charge in [0.05, 0.1) is 6.61 Å². The van der Waals surface area contributed by atoms with Gasteiger partial charge in [-0.25, -0.2) is 0 Å². The third-order valence-electron chi connectivity index (χ3n) is 2.84. The Labute approximate surface area is 121 Å². The molecule has 0 aromatic carbocycles. The van der Waals surface area contributed by atoms with Gasteiger partial charge in [-0.1, -0.05) is 45.4 Å². The number of carbonyl (C=O) groups excluding carboxylic acids is 1. The van der Waals surface area contributed by atoms with Crippen molar-refractivity contribution in [3.05, 3.63) is 0 Å². The average Bonchev–Trinajstić information content (AvgIpc) is 2.37. The molecule has 0 aliphatic heterocycles. The zero-order valence-electron chi connectivity index (χ0n) is 11.4. The molecule has 0 radical (unpaired) electrons. The Kier molecular flexibility index (Phi) is 13.5. The quantitative estimate of drug-likeness (QED) is 0.291. The van der Waals surface area contributed by atoms with Gasteiger partial charge in [0.25, 0.3) is 0 Å². The predicted molar refractivity (Wildman–Crippen MR) is 78.5 cm³/mol. The lowest BCUT2D eigenvalue weighted by Crippen LogP contribution is -2.18. The third kappa shape index (κ3) is 11.2.